The summed E-state index contributed by atoms with van der Waals surface area (Å²) in [6.07, 6.45) is 1.04. The third-order valence-electron chi connectivity index (χ3n) is 1.93. The number of rotatable bonds is 3. The number of aryl methyl sites for hydroxylation is 2. The topological polar surface area (TPSA) is 50.5 Å². The lowest BCUT2D eigenvalue weighted by Crippen LogP contribution is -2.24. The molecule has 0 bridgehead atoms. The molecule has 1 aromatic heterocycles. The molecule has 5 heteroatoms. The van der Waals surface area contributed by atoms with Crippen molar-refractivity contribution in [1.82, 2.24) is 14.8 Å². The molecule has 0 aromatic carbocycles. The van der Waals surface area contributed by atoms with Gasteiger partial charge in [0.2, 0.25) is 0 Å². The SMILES string of the molecule is CON(C)C(O)c1nn(C)cc1C. The van der Waals surface area contributed by atoms with Crippen molar-refractivity contribution in [3.63, 3.8) is 0 Å². The molecule has 0 aliphatic carbocycles. The Bertz CT molecular complexity index is 285. The lowest BCUT2D eigenvalue weighted by atomic mass is 10.2. The fourth-order valence-electron chi connectivity index (χ4n) is 1.15. The second-order valence-electron chi connectivity index (χ2n) is 2.97. The van der Waals surface area contributed by atoms with Crippen LogP contribution in [0, 0.1) is 6.92 Å². The molecule has 0 aliphatic rings. The average molecular weight is 185 g/mol. The number of nitrogens with zero attached hydrogens (tertiary/aromatic N) is 3. The normalized spacial score (nSPS) is 13.7. The summed E-state index contributed by atoms with van der Waals surface area (Å²) in [7, 11) is 4.97. The summed E-state index contributed by atoms with van der Waals surface area (Å²) in [6, 6.07) is 0. The molecule has 1 aromatic rings. The minimum absolute atomic E-state index is 0.617. The van der Waals surface area contributed by atoms with Crippen LogP contribution in [0.15, 0.2) is 6.20 Å². The van der Waals surface area contributed by atoms with Crippen molar-refractivity contribution in [1.29, 1.82) is 0 Å². The summed E-state index contributed by atoms with van der Waals surface area (Å²) in [5, 5.41) is 15.2. The van der Waals surface area contributed by atoms with Gasteiger partial charge in [0.1, 0.15) is 5.69 Å². The summed E-state index contributed by atoms with van der Waals surface area (Å²) in [4.78, 5) is 4.86. The molecule has 1 heterocycles. The quantitative estimate of drug-likeness (QED) is 0.540. The molecular formula is C8H15N3O2. The van der Waals surface area contributed by atoms with Gasteiger partial charge in [-0.25, -0.2) is 0 Å². The van der Waals surface area contributed by atoms with Crippen LogP contribution in [-0.4, -0.2) is 34.1 Å². The Morgan fingerprint density at radius 1 is 1.69 bits per heavy atom. The van der Waals surface area contributed by atoms with Gasteiger partial charge in [-0.3, -0.25) is 9.52 Å². The number of hydrogen-bond acceptors (Lipinski definition) is 4. The maximum Gasteiger partial charge on any atom is 0.174 e. The van der Waals surface area contributed by atoms with Crippen LogP contribution in [0.3, 0.4) is 0 Å². The van der Waals surface area contributed by atoms with E-state index in [1.54, 1.807) is 11.7 Å². The molecule has 1 unspecified atom stereocenters. The van der Waals surface area contributed by atoms with Gasteiger partial charge in [0.15, 0.2) is 6.23 Å². The van der Waals surface area contributed by atoms with E-state index >= 15 is 0 Å². The zero-order valence-corrected chi connectivity index (χ0v) is 8.35. The minimum Gasteiger partial charge on any atom is -0.371 e. The van der Waals surface area contributed by atoms with Crippen LogP contribution >= 0.6 is 0 Å². The molecule has 1 rings (SSSR count). The van der Waals surface area contributed by atoms with E-state index in [9.17, 15) is 5.11 Å². The van der Waals surface area contributed by atoms with Gasteiger partial charge in [-0.15, -0.1) is 0 Å². The second kappa shape index (κ2) is 3.87. The van der Waals surface area contributed by atoms with E-state index in [1.165, 1.54) is 12.2 Å². The van der Waals surface area contributed by atoms with Gasteiger partial charge in [0.05, 0.1) is 7.11 Å². The molecule has 0 fully saturated rings. The molecule has 1 N–H and O–H groups in total. The third-order valence-corrected chi connectivity index (χ3v) is 1.93. The van der Waals surface area contributed by atoms with Crippen LogP contribution in [0.1, 0.15) is 17.5 Å². The molecule has 0 saturated carbocycles. The minimum atomic E-state index is -0.814. The molecule has 0 amide bonds. The summed E-state index contributed by atoms with van der Waals surface area (Å²) >= 11 is 0. The van der Waals surface area contributed by atoms with Crippen molar-refractivity contribution in [3.05, 3.63) is 17.5 Å². The lowest BCUT2D eigenvalue weighted by Gasteiger charge is -2.19. The van der Waals surface area contributed by atoms with Crippen molar-refractivity contribution >= 4 is 0 Å². The van der Waals surface area contributed by atoms with Crippen LogP contribution < -0.4 is 0 Å². The zero-order chi connectivity index (χ0) is 10.0. The predicted octanol–water partition coefficient (Wildman–Crippen LogP) is 0.213. The smallest absolute Gasteiger partial charge is 0.174 e. The maximum atomic E-state index is 9.71. The van der Waals surface area contributed by atoms with Crippen LogP contribution in [0.5, 0.6) is 0 Å². The number of aromatic nitrogens is 2. The van der Waals surface area contributed by atoms with E-state index in [0.717, 1.165) is 5.56 Å². The average Bonchev–Trinajstić information content (AvgIpc) is 2.42. The lowest BCUT2D eigenvalue weighted by molar-refractivity contribution is -0.207. The van der Waals surface area contributed by atoms with Gasteiger partial charge in [-0.05, 0) is 12.5 Å². The van der Waals surface area contributed by atoms with Gasteiger partial charge in [0, 0.05) is 20.3 Å². The molecule has 0 aliphatic heterocycles. The van der Waals surface area contributed by atoms with E-state index in [0.29, 0.717) is 5.69 Å². The summed E-state index contributed by atoms with van der Waals surface area (Å²) in [5.74, 6) is 0. The first-order chi connectivity index (χ1) is 6.06. The van der Waals surface area contributed by atoms with Crippen molar-refractivity contribution in [3.8, 4) is 0 Å². The van der Waals surface area contributed by atoms with Crippen molar-refractivity contribution in [2.24, 2.45) is 7.05 Å². The second-order valence-corrected chi connectivity index (χ2v) is 2.97. The Kier molecular flexibility index (Phi) is 3.02. The third kappa shape index (κ3) is 2.06. The number of aliphatic hydroxyl groups excluding tert-OH is 1. The maximum absolute atomic E-state index is 9.71. The van der Waals surface area contributed by atoms with Crippen molar-refractivity contribution in [2.45, 2.75) is 13.2 Å². The standard InChI is InChI=1S/C8H15N3O2/c1-6-5-10(2)9-7(6)8(12)11(3)13-4/h5,8,12H,1-4H3. The molecule has 0 saturated heterocycles. The van der Waals surface area contributed by atoms with Gasteiger partial charge in [-0.1, -0.05) is 0 Å². The highest BCUT2D eigenvalue weighted by Crippen LogP contribution is 2.17. The Hall–Kier alpha value is -0.910. The molecule has 0 radical (unpaired) electrons. The summed E-state index contributed by atoms with van der Waals surface area (Å²) in [5.41, 5.74) is 1.56. The largest absolute Gasteiger partial charge is 0.371 e. The zero-order valence-electron chi connectivity index (χ0n) is 8.35. The monoisotopic (exact) mass is 185 g/mol. The van der Waals surface area contributed by atoms with E-state index in [-0.39, 0.29) is 0 Å². The molecule has 74 valence electrons. The van der Waals surface area contributed by atoms with E-state index < -0.39 is 6.23 Å². The highest BCUT2D eigenvalue weighted by Gasteiger charge is 2.18. The molecule has 13 heavy (non-hydrogen) atoms. The van der Waals surface area contributed by atoms with Gasteiger partial charge in [-0.2, -0.15) is 10.2 Å². The highest BCUT2D eigenvalue weighted by molar-refractivity contribution is 5.16. The highest BCUT2D eigenvalue weighted by atomic mass is 16.7. The molecule has 1 atom stereocenters. The Labute approximate surface area is 77.5 Å². The summed E-state index contributed by atoms with van der Waals surface area (Å²) < 4.78 is 1.66. The van der Waals surface area contributed by atoms with Crippen molar-refractivity contribution in [2.75, 3.05) is 14.2 Å². The Balaban J connectivity index is 2.87. The number of aliphatic hydroxyl groups is 1. The predicted molar refractivity (Wildman–Crippen MR) is 47.7 cm³/mol. The van der Waals surface area contributed by atoms with E-state index in [4.69, 9.17) is 4.84 Å². The van der Waals surface area contributed by atoms with Gasteiger partial charge in [0.25, 0.3) is 0 Å². The van der Waals surface area contributed by atoms with E-state index in [2.05, 4.69) is 5.10 Å². The van der Waals surface area contributed by atoms with E-state index in [1.807, 2.05) is 20.2 Å². The first-order valence-electron chi connectivity index (χ1n) is 4.01. The number of hydroxylamine groups is 2. The molecule has 5 nitrogen and oxygen atoms in total. The molecule has 0 spiro atoms. The van der Waals surface area contributed by atoms with Gasteiger partial charge < -0.3 is 5.11 Å². The van der Waals surface area contributed by atoms with Crippen molar-refractivity contribution < 1.29 is 9.94 Å². The fourth-order valence-corrected chi connectivity index (χ4v) is 1.15. The molecular weight excluding hydrogens is 170 g/mol. The van der Waals surface area contributed by atoms with Crippen LogP contribution in [-0.2, 0) is 11.9 Å². The fraction of sp³-hybridized carbons (Fsp3) is 0.625. The Morgan fingerprint density at radius 3 is 2.69 bits per heavy atom. The van der Waals surface area contributed by atoms with Crippen LogP contribution in [0.25, 0.3) is 0 Å². The van der Waals surface area contributed by atoms with Gasteiger partial charge >= 0.3 is 0 Å². The van der Waals surface area contributed by atoms with Crippen LogP contribution in [0.4, 0.5) is 0 Å². The Morgan fingerprint density at radius 2 is 2.31 bits per heavy atom. The number of hydrogen-bond donors (Lipinski definition) is 1. The first-order valence-corrected chi connectivity index (χ1v) is 4.01. The summed E-state index contributed by atoms with van der Waals surface area (Å²) in [6.45, 7) is 1.90. The first kappa shape index (κ1) is 10.2. The van der Waals surface area contributed by atoms with Crippen LogP contribution in [0.2, 0.25) is 0 Å².